The molecule has 6 nitrogen and oxygen atoms in total. The monoisotopic (exact) mass is 494 g/mol. The van der Waals surface area contributed by atoms with Gasteiger partial charge >= 0.3 is 0 Å². The van der Waals surface area contributed by atoms with Crippen LogP contribution in [0.3, 0.4) is 0 Å². The summed E-state index contributed by atoms with van der Waals surface area (Å²) in [5.74, 6) is 0.714. The lowest BCUT2D eigenvalue weighted by atomic mass is 9.45. The molecule has 0 radical (unpaired) electrons. The van der Waals surface area contributed by atoms with Crippen LogP contribution in [0.5, 0.6) is 0 Å². The molecule has 4 aliphatic rings. The van der Waals surface area contributed by atoms with Crippen LogP contribution < -0.4 is 0 Å². The van der Waals surface area contributed by atoms with E-state index in [0.717, 1.165) is 36.7 Å². The van der Waals surface area contributed by atoms with Crippen LogP contribution in [0.4, 0.5) is 0 Å². The average molecular weight is 495 g/mol. The van der Waals surface area contributed by atoms with Crippen molar-refractivity contribution in [3.8, 4) is 0 Å². The van der Waals surface area contributed by atoms with E-state index in [0.29, 0.717) is 24.4 Å². The Bertz CT molecular complexity index is 1210. The van der Waals surface area contributed by atoms with Crippen molar-refractivity contribution in [2.45, 2.75) is 75.7 Å². The van der Waals surface area contributed by atoms with Crippen LogP contribution in [-0.4, -0.2) is 49.2 Å². The molecule has 0 aliphatic heterocycles. The van der Waals surface area contributed by atoms with Gasteiger partial charge in [0.25, 0.3) is 0 Å². The summed E-state index contributed by atoms with van der Waals surface area (Å²) in [4.78, 5) is 33.5. The Kier molecular flexibility index (Phi) is 5.37. The predicted octanol–water partition coefficient (Wildman–Crippen LogP) is 4.46. The van der Waals surface area contributed by atoms with Gasteiger partial charge in [-0.1, -0.05) is 43.3 Å². The van der Waals surface area contributed by atoms with Gasteiger partial charge in [-0.25, -0.2) is 4.98 Å². The van der Waals surface area contributed by atoms with Crippen molar-refractivity contribution in [3.05, 3.63) is 35.9 Å². The van der Waals surface area contributed by atoms with Crippen LogP contribution in [0, 0.1) is 28.6 Å². The van der Waals surface area contributed by atoms with Gasteiger partial charge in [0, 0.05) is 11.8 Å². The molecule has 0 saturated heterocycles. The highest BCUT2D eigenvalue weighted by atomic mass is 32.2. The van der Waals surface area contributed by atoms with Gasteiger partial charge in [-0.15, -0.1) is 0 Å². The minimum Gasteiger partial charge on any atom is -0.393 e. The number of imidazole rings is 1. The second-order valence-electron chi connectivity index (χ2n) is 11.7. The molecule has 1 heterocycles. The number of hydrogen-bond donors (Lipinski definition) is 3. The van der Waals surface area contributed by atoms with Crippen LogP contribution in [0.25, 0.3) is 11.0 Å². The van der Waals surface area contributed by atoms with Gasteiger partial charge in [0.05, 0.1) is 22.9 Å². The summed E-state index contributed by atoms with van der Waals surface area (Å²) in [6.45, 7) is 4.26. The van der Waals surface area contributed by atoms with Crippen LogP contribution in [0.1, 0.15) is 58.8 Å². The summed E-state index contributed by atoms with van der Waals surface area (Å²) >= 11 is 1.34. The number of ketones is 2. The Hall–Kier alpha value is -1.96. The van der Waals surface area contributed by atoms with E-state index >= 15 is 0 Å². The lowest BCUT2D eigenvalue weighted by molar-refractivity contribution is -0.178. The SMILES string of the molecule is CC12CCC(=O)C=C1CCC1C2[C@@H](O)CC2(C)C1CC[C@]2(O)C(=O)CSc1nc2ccccc2[nH]1. The van der Waals surface area contributed by atoms with Crippen molar-refractivity contribution in [1.29, 1.82) is 0 Å². The molecule has 35 heavy (non-hydrogen) atoms. The number of thioether (sulfide) groups is 1. The maximum Gasteiger partial charge on any atom is 0.175 e. The van der Waals surface area contributed by atoms with Crippen LogP contribution in [-0.2, 0) is 9.59 Å². The fourth-order valence-corrected chi connectivity index (χ4v) is 9.25. The predicted molar refractivity (Wildman–Crippen MR) is 135 cm³/mol. The normalized spacial score (nSPS) is 40.7. The zero-order valence-corrected chi connectivity index (χ0v) is 21.2. The van der Waals surface area contributed by atoms with Crippen molar-refractivity contribution in [2.24, 2.45) is 28.6 Å². The quantitative estimate of drug-likeness (QED) is 0.543. The molecule has 0 bridgehead atoms. The van der Waals surface area contributed by atoms with E-state index in [1.807, 2.05) is 37.3 Å². The molecule has 2 aromatic rings. The van der Waals surface area contributed by atoms with E-state index < -0.39 is 17.1 Å². The van der Waals surface area contributed by atoms with E-state index in [1.54, 1.807) is 0 Å². The number of hydrogen-bond acceptors (Lipinski definition) is 6. The van der Waals surface area contributed by atoms with Gasteiger partial charge in [-0.3, -0.25) is 9.59 Å². The first-order chi connectivity index (χ1) is 16.7. The zero-order valence-electron chi connectivity index (χ0n) is 20.4. The molecular formula is C28H34N2O4S. The second kappa shape index (κ2) is 8.02. The van der Waals surface area contributed by atoms with Gasteiger partial charge in [0.2, 0.25) is 0 Å². The molecule has 1 aromatic carbocycles. The first kappa shape index (κ1) is 23.4. The topological polar surface area (TPSA) is 103 Å². The van der Waals surface area contributed by atoms with E-state index in [2.05, 4.69) is 16.9 Å². The Morgan fingerprint density at radius 2 is 2.00 bits per heavy atom. The first-order valence-corrected chi connectivity index (χ1v) is 13.9. The summed E-state index contributed by atoms with van der Waals surface area (Å²) in [5.41, 5.74) is 0.727. The fraction of sp³-hybridized carbons (Fsp3) is 0.607. The largest absolute Gasteiger partial charge is 0.393 e. The number of fused-ring (bicyclic) bond motifs is 6. The number of benzene rings is 1. The number of H-pyrrole nitrogens is 1. The molecule has 3 saturated carbocycles. The van der Waals surface area contributed by atoms with Gasteiger partial charge in [-0.05, 0) is 79.9 Å². The number of aliphatic hydroxyl groups excluding tert-OH is 1. The minimum absolute atomic E-state index is 0.0797. The molecule has 0 spiro atoms. The number of carbonyl (C=O) groups is 2. The number of para-hydroxylation sites is 2. The van der Waals surface area contributed by atoms with E-state index in [-0.39, 0.29) is 40.5 Å². The van der Waals surface area contributed by atoms with Gasteiger partial charge in [0.15, 0.2) is 16.7 Å². The molecule has 4 aliphatic carbocycles. The molecular weight excluding hydrogens is 460 g/mol. The lowest BCUT2D eigenvalue weighted by Gasteiger charge is -2.60. The minimum atomic E-state index is -1.44. The highest BCUT2D eigenvalue weighted by molar-refractivity contribution is 7.99. The molecule has 5 unspecified atom stereocenters. The van der Waals surface area contributed by atoms with Crippen LogP contribution >= 0.6 is 11.8 Å². The number of aromatic nitrogens is 2. The molecule has 7 heteroatoms. The van der Waals surface area contributed by atoms with Gasteiger partial charge in [-0.2, -0.15) is 0 Å². The number of nitrogens with zero attached hydrogens (tertiary/aromatic N) is 1. The lowest BCUT2D eigenvalue weighted by Crippen LogP contribution is -2.61. The summed E-state index contributed by atoms with van der Waals surface area (Å²) in [6, 6.07) is 7.76. The Balaban J connectivity index is 1.24. The Labute approximate surface area is 210 Å². The summed E-state index contributed by atoms with van der Waals surface area (Å²) < 4.78 is 0. The highest BCUT2D eigenvalue weighted by Crippen LogP contribution is 2.67. The number of allylic oxidation sites excluding steroid dienone is 1. The Morgan fingerprint density at radius 3 is 2.80 bits per heavy atom. The molecule has 3 fully saturated rings. The number of Topliss-reactive ketones (excluding diaryl/α,β-unsaturated/α-hetero) is 1. The number of aromatic amines is 1. The van der Waals surface area contributed by atoms with Gasteiger partial charge in [0.1, 0.15) is 5.60 Å². The molecule has 7 atom stereocenters. The molecule has 1 aromatic heterocycles. The molecule has 0 amide bonds. The van der Waals surface area contributed by atoms with Crippen molar-refractivity contribution >= 4 is 34.4 Å². The summed E-state index contributed by atoms with van der Waals surface area (Å²) in [7, 11) is 0. The standard InChI is InChI=1S/C28H34N2O4S/c1-26-11-9-17(31)13-16(26)7-8-18-19-10-12-28(34,27(19,2)14-22(32)24(18)26)23(33)15-35-25-29-20-5-3-4-6-21(20)30-25/h3-6,13,18-19,22,24,32,34H,7-12,14-15H2,1-2H3,(H,29,30)/t18?,19?,22-,24?,26?,27?,28-/m0/s1. The zero-order chi connectivity index (χ0) is 24.6. The highest BCUT2D eigenvalue weighted by Gasteiger charge is 2.68. The number of rotatable bonds is 4. The summed E-state index contributed by atoms with van der Waals surface area (Å²) in [5, 5.41) is 24.1. The van der Waals surface area contributed by atoms with Crippen molar-refractivity contribution in [2.75, 3.05) is 5.75 Å². The smallest absolute Gasteiger partial charge is 0.175 e. The summed E-state index contributed by atoms with van der Waals surface area (Å²) in [6.07, 6.45) is 6.03. The number of nitrogens with one attached hydrogen (secondary N) is 1. The van der Waals surface area contributed by atoms with Crippen molar-refractivity contribution in [3.63, 3.8) is 0 Å². The fourth-order valence-electron chi connectivity index (χ4n) is 8.40. The third-order valence-electron chi connectivity index (χ3n) is 10.2. The maximum absolute atomic E-state index is 13.6. The molecule has 186 valence electrons. The van der Waals surface area contributed by atoms with Crippen molar-refractivity contribution < 1.29 is 19.8 Å². The van der Waals surface area contributed by atoms with Gasteiger partial charge < -0.3 is 15.2 Å². The van der Waals surface area contributed by atoms with E-state index in [4.69, 9.17) is 0 Å². The average Bonchev–Trinajstić information content (AvgIpc) is 3.36. The Morgan fingerprint density at radius 1 is 1.20 bits per heavy atom. The van der Waals surface area contributed by atoms with E-state index in [9.17, 15) is 19.8 Å². The maximum atomic E-state index is 13.6. The van der Waals surface area contributed by atoms with Crippen LogP contribution in [0.2, 0.25) is 0 Å². The second-order valence-corrected chi connectivity index (χ2v) is 12.7. The molecule has 6 rings (SSSR count). The van der Waals surface area contributed by atoms with Crippen LogP contribution in [0.15, 0.2) is 41.1 Å². The van der Waals surface area contributed by atoms with Crippen molar-refractivity contribution in [1.82, 2.24) is 9.97 Å². The number of carbonyl (C=O) groups excluding carboxylic acids is 2. The third kappa shape index (κ3) is 3.34. The van der Waals surface area contributed by atoms with E-state index in [1.165, 1.54) is 17.3 Å². The third-order valence-corrected chi connectivity index (χ3v) is 11.1. The number of aliphatic hydroxyl groups is 2. The first-order valence-electron chi connectivity index (χ1n) is 12.9. The molecule has 3 N–H and O–H groups in total.